The van der Waals surface area contributed by atoms with Gasteiger partial charge < -0.3 is 11.1 Å². The van der Waals surface area contributed by atoms with E-state index in [1.807, 2.05) is 0 Å². The van der Waals surface area contributed by atoms with Gasteiger partial charge in [-0.25, -0.2) is 8.78 Å². The van der Waals surface area contributed by atoms with Gasteiger partial charge in [0, 0.05) is 28.1 Å². The van der Waals surface area contributed by atoms with Crippen molar-refractivity contribution >= 4 is 97.0 Å². The van der Waals surface area contributed by atoms with E-state index in [9.17, 15) is 18.4 Å². The third-order valence-corrected chi connectivity index (χ3v) is 8.72. The van der Waals surface area contributed by atoms with Gasteiger partial charge in [0.05, 0.1) is 21.0 Å². The second-order valence-electron chi connectivity index (χ2n) is 8.15. The minimum Gasteiger partial charge on any atom is -0.394 e. The first kappa shape index (κ1) is 27.4. The smallest absolute Gasteiger partial charge is 0.231 e. The normalized spacial score (nSPS) is 18.1. The van der Waals surface area contributed by atoms with Crippen LogP contribution in [0.15, 0.2) is 46.9 Å². The average molecular weight is 658 g/mol. The van der Waals surface area contributed by atoms with Crippen molar-refractivity contribution < 1.29 is 18.4 Å². The van der Waals surface area contributed by atoms with Gasteiger partial charge >= 0.3 is 0 Å². The number of amides is 1. The van der Waals surface area contributed by atoms with Crippen LogP contribution in [0.2, 0.25) is 15.1 Å². The number of nitrogens with one attached hydrogen (secondary N) is 1. The summed E-state index contributed by atoms with van der Waals surface area (Å²) in [7, 11) is 0. The summed E-state index contributed by atoms with van der Waals surface area (Å²) >= 11 is 34.5. The Hall–Kier alpha value is -1.61. The van der Waals surface area contributed by atoms with Crippen molar-refractivity contribution in [3.05, 3.63) is 90.3 Å². The largest absolute Gasteiger partial charge is 0.394 e. The Labute approximate surface area is 238 Å². The van der Waals surface area contributed by atoms with Gasteiger partial charge in [0.2, 0.25) is 5.91 Å². The van der Waals surface area contributed by atoms with Crippen LogP contribution in [0.4, 0.5) is 20.2 Å². The second-order valence-corrected chi connectivity index (χ2v) is 11.6. The van der Waals surface area contributed by atoms with Gasteiger partial charge in [-0.15, -0.1) is 23.2 Å². The molecule has 36 heavy (non-hydrogen) atoms. The highest BCUT2D eigenvalue weighted by molar-refractivity contribution is 9.10. The molecule has 3 aromatic carbocycles. The van der Waals surface area contributed by atoms with E-state index in [0.717, 1.165) is 12.1 Å². The number of carbonyl (C=O) groups is 2. The summed E-state index contributed by atoms with van der Waals surface area (Å²) < 4.78 is 26.8. The molecule has 1 aliphatic carbocycles. The van der Waals surface area contributed by atoms with E-state index in [4.69, 9.17) is 63.7 Å². The first-order chi connectivity index (χ1) is 16.8. The number of carbonyl (C=O) groups excluding carboxylic acids is 2. The van der Waals surface area contributed by atoms with Crippen LogP contribution in [0.5, 0.6) is 0 Å². The molecule has 0 aromatic heterocycles. The molecule has 1 fully saturated rings. The number of hydrogen-bond acceptors (Lipinski definition) is 3. The van der Waals surface area contributed by atoms with Crippen molar-refractivity contribution in [3.8, 4) is 0 Å². The Morgan fingerprint density at radius 2 is 1.72 bits per heavy atom. The van der Waals surface area contributed by atoms with Crippen LogP contribution in [0.25, 0.3) is 0 Å². The monoisotopic (exact) mass is 654 g/mol. The molecule has 1 saturated carbocycles. The first-order valence-electron chi connectivity index (χ1n) is 10.2. The van der Waals surface area contributed by atoms with E-state index in [1.165, 1.54) is 18.2 Å². The number of ketones is 1. The molecule has 0 aliphatic heterocycles. The molecule has 0 saturated heterocycles. The van der Waals surface area contributed by atoms with Crippen LogP contribution in [-0.2, 0) is 11.2 Å². The molecular weight excluding hydrogens is 643 g/mol. The van der Waals surface area contributed by atoms with Crippen LogP contribution in [0.3, 0.4) is 0 Å². The Balaban J connectivity index is 1.53. The lowest BCUT2D eigenvalue weighted by Crippen LogP contribution is -2.17. The molecule has 1 aliphatic rings. The van der Waals surface area contributed by atoms with E-state index in [-0.39, 0.29) is 26.9 Å². The average Bonchev–Trinajstić information content (AvgIpc) is 3.40. The fourth-order valence-corrected chi connectivity index (χ4v) is 5.86. The summed E-state index contributed by atoms with van der Waals surface area (Å²) in [6.07, 6.45) is -0.420. The molecule has 0 heterocycles. The fourth-order valence-electron chi connectivity index (χ4n) is 3.88. The van der Waals surface area contributed by atoms with E-state index >= 15 is 0 Å². The number of nitrogens with two attached hydrogens (primary N) is 1. The lowest BCUT2D eigenvalue weighted by atomic mass is 10.0. The summed E-state index contributed by atoms with van der Waals surface area (Å²) in [5, 5.41) is 3.36. The zero-order valence-corrected chi connectivity index (χ0v) is 23.2. The number of rotatable bonds is 6. The molecule has 2 unspecified atom stereocenters. The third-order valence-electron chi connectivity index (χ3n) is 5.79. The zero-order valence-electron chi connectivity index (χ0n) is 17.8. The SMILES string of the molecule is Nc1c(F)ccc(CC(=O)c2cc(NC(=O)C3C(c4cc(Cl)c(Cl)c(Br)c4)C3(Cl)Cl)ccc2Cl)c1F. The molecule has 3 N–H and O–H groups in total. The predicted octanol–water partition coefficient (Wildman–Crippen LogP) is 8.22. The fraction of sp³-hybridized carbons (Fsp3) is 0.167. The molecule has 0 spiro atoms. The van der Waals surface area contributed by atoms with E-state index in [0.29, 0.717) is 15.1 Å². The standard InChI is InChI=1S/C24H14BrCl5F2N2O2/c25-13-5-10(6-15(27)20(13)28)18-19(24(18,29)30)23(36)34-11-2-3-14(26)12(8-11)17(35)7-9-1-4-16(31)22(33)21(9)32/h1-6,8,18-19H,7,33H2,(H,34,36). The predicted molar refractivity (Wildman–Crippen MR) is 144 cm³/mol. The van der Waals surface area contributed by atoms with Crippen molar-refractivity contribution in [2.75, 3.05) is 11.1 Å². The molecule has 1 amide bonds. The van der Waals surface area contributed by atoms with Crippen LogP contribution in [0, 0.1) is 17.6 Å². The molecule has 12 heteroatoms. The zero-order chi connectivity index (χ0) is 26.5. The van der Waals surface area contributed by atoms with Crippen LogP contribution in [-0.4, -0.2) is 16.0 Å². The molecule has 4 nitrogen and oxygen atoms in total. The third kappa shape index (κ3) is 5.19. The van der Waals surface area contributed by atoms with Gasteiger partial charge in [-0.05, 0) is 63.5 Å². The van der Waals surface area contributed by atoms with Crippen molar-refractivity contribution in [3.63, 3.8) is 0 Å². The Bertz CT molecular complexity index is 1400. The topological polar surface area (TPSA) is 72.2 Å². The van der Waals surface area contributed by atoms with Crippen molar-refractivity contribution in [1.29, 1.82) is 0 Å². The maximum Gasteiger partial charge on any atom is 0.231 e. The van der Waals surface area contributed by atoms with Crippen molar-refractivity contribution in [1.82, 2.24) is 0 Å². The van der Waals surface area contributed by atoms with E-state index < -0.39 is 51.6 Å². The quantitative estimate of drug-likeness (QED) is 0.122. The molecule has 188 valence electrons. The molecular formula is C24H14BrCl5F2N2O2. The number of anilines is 2. The summed E-state index contributed by atoms with van der Waals surface area (Å²) in [5.74, 6) is -4.38. The maximum atomic E-state index is 14.3. The Kier molecular flexibility index (Phi) is 7.83. The number of hydrogen-bond donors (Lipinski definition) is 2. The molecule has 3 aromatic rings. The molecule has 4 rings (SSSR count). The summed E-state index contributed by atoms with van der Waals surface area (Å²) in [5.41, 5.74) is 5.50. The number of benzene rings is 3. The van der Waals surface area contributed by atoms with Crippen LogP contribution >= 0.6 is 73.9 Å². The second kappa shape index (κ2) is 10.3. The van der Waals surface area contributed by atoms with Gasteiger partial charge in [0.15, 0.2) is 11.6 Å². The van der Waals surface area contributed by atoms with Gasteiger partial charge in [0.1, 0.15) is 15.8 Å². The van der Waals surface area contributed by atoms with Crippen LogP contribution < -0.4 is 11.1 Å². The van der Waals surface area contributed by atoms with Crippen molar-refractivity contribution in [2.24, 2.45) is 5.92 Å². The Morgan fingerprint density at radius 1 is 1.03 bits per heavy atom. The summed E-state index contributed by atoms with van der Waals surface area (Å²) in [6.45, 7) is 0. The lowest BCUT2D eigenvalue weighted by Gasteiger charge is -2.10. The van der Waals surface area contributed by atoms with Crippen molar-refractivity contribution in [2.45, 2.75) is 16.7 Å². The number of halogens is 8. The number of nitrogen functional groups attached to an aromatic ring is 1. The first-order valence-corrected chi connectivity index (χ1v) is 12.9. The summed E-state index contributed by atoms with van der Waals surface area (Å²) in [4.78, 5) is 25.8. The minimum atomic E-state index is -1.40. The highest BCUT2D eigenvalue weighted by Gasteiger charge is 2.67. The number of Topliss-reactive ketones (excluding diaryl/α,β-unsaturated/α-hetero) is 1. The molecule has 2 atom stereocenters. The van der Waals surface area contributed by atoms with Gasteiger partial charge in [-0.3, -0.25) is 9.59 Å². The maximum absolute atomic E-state index is 14.3. The van der Waals surface area contributed by atoms with Gasteiger partial charge in [0.25, 0.3) is 0 Å². The van der Waals surface area contributed by atoms with Gasteiger partial charge in [-0.1, -0.05) is 40.9 Å². The molecule has 0 bridgehead atoms. The molecule has 0 radical (unpaired) electrons. The van der Waals surface area contributed by atoms with E-state index in [2.05, 4.69) is 21.2 Å². The van der Waals surface area contributed by atoms with E-state index in [1.54, 1.807) is 12.1 Å². The highest BCUT2D eigenvalue weighted by Crippen LogP contribution is 2.65. The van der Waals surface area contributed by atoms with Crippen LogP contribution in [0.1, 0.15) is 27.4 Å². The van der Waals surface area contributed by atoms with Gasteiger partial charge in [-0.2, -0.15) is 0 Å². The minimum absolute atomic E-state index is 0.0283. The number of alkyl halides is 2. The summed E-state index contributed by atoms with van der Waals surface area (Å²) in [6, 6.07) is 9.64. The highest BCUT2D eigenvalue weighted by atomic mass is 79.9. The lowest BCUT2D eigenvalue weighted by molar-refractivity contribution is -0.117. The Morgan fingerprint density at radius 3 is 2.39 bits per heavy atom.